The highest BCUT2D eigenvalue weighted by Crippen LogP contribution is 2.20. The summed E-state index contributed by atoms with van der Waals surface area (Å²) < 4.78 is 12.9. The van der Waals surface area contributed by atoms with Crippen LogP contribution in [-0.4, -0.2) is 34.8 Å². The highest BCUT2D eigenvalue weighted by molar-refractivity contribution is 5.37. The molecule has 0 saturated carbocycles. The van der Waals surface area contributed by atoms with Gasteiger partial charge in [-0.25, -0.2) is 9.97 Å². The molecule has 2 heterocycles. The van der Waals surface area contributed by atoms with E-state index in [0.29, 0.717) is 5.82 Å². The van der Waals surface area contributed by atoms with E-state index in [2.05, 4.69) is 9.97 Å². The Morgan fingerprint density at radius 1 is 1.53 bits per heavy atom. The first-order valence-electron chi connectivity index (χ1n) is 5.13. The minimum absolute atomic E-state index is 0.185. The number of hydrogen-bond acceptors (Lipinski definition) is 4. The maximum atomic E-state index is 12.9. The van der Waals surface area contributed by atoms with Gasteiger partial charge in [-0.2, -0.15) is 4.39 Å². The Morgan fingerprint density at radius 2 is 2.40 bits per heavy atom. The lowest BCUT2D eigenvalue weighted by atomic mass is 9.99. The van der Waals surface area contributed by atoms with E-state index in [-0.39, 0.29) is 12.5 Å². The van der Waals surface area contributed by atoms with Crippen molar-refractivity contribution in [2.45, 2.75) is 12.8 Å². The van der Waals surface area contributed by atoms with Gasteiger partial charge >= 0.3 is 0 Å². The first-order valence-corrected chi connectivity index (χ1v) is 5.13. The molecule has 0 spiro atoms. The first kappa shape index (κ1) is 10.3. The van der Waals surface area contributed by atoms with Gasteiger partial charge in [0.15, 0.2) is 0 Å². The number of aliphatic hydroxyl groups excluding tert-OH is 1. The van der Waals surface area contributed by atoms with Crippen molar-refractivity contribution in [2.24, 2.45) is 5.92 Å². The predicted molar refractivity (Wildman–Crippen MR) is 54.0 cm³/mol. The Morgan fingerprint density at radius 3 is 3.13 bits per heavy atom. The third-order valence-electron chi connectivity index (χ3n) is 2.72. The van der Waals surface area contributed by atoms with Crippen LogP contribution in [0.5, 0.6) is 0 Å². The third-order valence-corrected chi connectivity index (χ3v) is 2.72. The maximum Gasteiger partial charge on any atom is 0.218 e. The minimum atomic E-state index is -0.508. The number of piperidine rings is 1. The first-order chi connectivity index (χ1) is 7.29. The number of anilines is 1. The molecule has 1 atom stereocenters. The molecule has 1 unspecified atom stereocenters. The summed E-state index contributed by atoms with van der Waals surface area (Å²) in [6.07, 6.45) is 3.27. The normalized spacial score (nSPS) is 21.7. The summed E-state index contributed by atoms with van der Waals surface area (Å²) in [5.41, 5.74) is 0. The predicted octanol–water partition coefficient (Wildman–Crippen LogP) is 0.824. The number of aliphatic hydroxyl groups is 1. The van der Waals surface area contributed by atoms with E-state index in [1.165, 1.54) is 12.4 Å². The fourth-order valence-electron chi connectivity index (χ4n) is 1.92. The Bertz CT molecular complexity index is 334. The minimum Gasteiger partial charge on any atom is -0.396 e. The van der Waals surface area contributed by atoms with Crippen molar-refractivity contribution in [2.75, 3.05) is 24.6 Å². The summed E-state index contributed by atoms with van der Waals surface area (Å²) in [5.74, 6) is 0.378. The topological polar surface area (TPSA) is 49.2 Å². The van der Waals surface area contributed by atoms with Gasteiger partial charge in [0.1, 0.15) is 12.1 Å². The van der Waals surface area contributed by atoms with Crippen molar-refractivity contribution in [3.05, 3.63) is 18.3 Å². The van der Waals surface area contributed by atoms with Crippen molar-refractivity contribution in [1.29, 1.82) is 0 Å². The number of nitrogens with zero attached hydrogens (tertiary/aromatic N) is 3. The number of hydrogen-bond donors (Lipinski definition) is 1. The van der Waals surface area contributed by atoms with E-state index in [0.717, 1.165) is 25.9 Å². The molecule has 1 aromatic rings. The second-order valence-corrected chi connectivity index (χ2v) is 3.84. The molecule has 4 nitrogen and oxygen atoms in total. The van der Waals surface area contributed by atoms with Crippen LogP contribution in [0.3, 0.4) is 0 Å². The quantitative estimate of drug-likeness (QED) is 0.736. The van der Waals surface area contributed by atoms with E-state index in [1.54, 1.807) is 0 Å². The third kappa shape index (κ3) is 2.41. The van der Waals surface area contributed by atoms with Gasteiger partial charge in [-0.1, -0.05) is 0 Å². The van der Waals surface area contributed by atoms with Crippen LogP contribution in [0.2, 0.25) is 0 Å². The van der Waals surface area contributed by atoms with Gasteiger partial charge in [0, 0.05) is 25.8 Å². The van der Waals surface area contributed by atoms with Gasteiger partial charge in [0.25, 0.3) is 0 Å². The summed E-state index contributed by atoms with van der Waals surface area (Å²) in [5, 5.41) is 9.08. The van der Waals surface area contributed by atoms with Gasteiger partial charge in [-0.05, 0) is 18.8 Å². The molecular formula is C10H14FN3O. The van der Waals surface area contributed by atoms with Crippen molar-refractivity contribution < 1.29 is 9.50 Å². The smallest absolute Gasteiger partial charge is 0.218 e. The monoisotopic (exact) mass is 211 g/mol. The Balaban J connectivity index is 2.09. The van der Waals surface area contributed by atoms with Gasteiger partial charge in [0.2, 0.25) is 5.95 Å². The molecular weight excluding hydrogens is 197 g/mol. The van der Waals surface area contributed by atoms with E-state index in [1.807, 2.05) is 4.90 Å². The van der Waals surface area contributed by atoms with Gasteiger partial charge in [-0.15, -0.1) is 0 Å². The molecule has 1 fully saturated rings. The van der Waals surface area contributed by atoms with Crippen LogP contribution in [0.25, 0.3) is 0 Å². The van der Waals surface area contributed by atoms with Crippen LogP contribution in [-0.2, 0) is 0 Å². The number of halogens is 1. The summed E-state index contributed by atoms with van der Waals surface area (Å²) in [7, 11) is 0. The molecule has 15 heavy (non-hydrogen) atoms. The zero-order valence-electron chi connectivity index (χ0n) is 8.43. The molecule has 0 radical (unpaired) electrons. The van der Waals surface area contributed by atoms with Crippen LogP contribution < -0.4 is 4.90 Å². The van der Waals surface area contributed by atoms with Crippen LogP contribution in [0.15, 0.2) is 12.4 Å². The summed E-state index contributed by atoms with van der Waals surface area (Å²) in [6, 6.07) is 1.33. The molecule has 1 N–H and O–H groups in total. The van der Waals surface area contributed by atoms with Crippen LogP contribution >= 0.6 is 0 Å². The maximum absolute atomic E-state index is 12.9. The SMILES string of the molecule is OCC1CCCN(c2cc(F)ncn2)C1. The zero-order valence-corrected chi connectivity index (χ0v) is 8.43. The molecule has 82 valence electrons. The molecule has 1 aliphatic rings. The van der Waals surface area contributed by atoms with E-state index in [4.69, 9.17) is 5.11 Å². The van der Waals surface area contributed by atoms with Gasteiger partial charge in [0.05, 0.1) is 0 Å². The summed E-state index contributed by atoms with van der Waals surface area (Å²) in [4.78, 5) is 9.44. The van der Waals surface area contributed by atoms with E-state index >= 15 is 0 Å². The second-order valence-electron chi connectivity index (χ2n) is 3.84. The summed E-state index contributed by atoms with van der Waals surface area (Å²) in [6.45, 7) is 1.80. The molecule has 0 aromatic carbocycles. The van der Waals surface area contributed by atoms with Crippen molar-refractivity contribution >= 4 is 5.82 Å². The van der Waals surface area contributed by atoms with Crippen molar-refractivity contribution in [1.82, 2.24) is 9.97 Å². The number of rotatable bonds is 2. The average Bonchev–Trinajstić information content (AvgIpc) is 2.29. The lowest BCUT2D eigenvalue weighted by molar-refractivity contribution is 0.208. The second kappa shape index (κ2) is 4.53. The zero-order chi connectivity index (χ0) is 10.7. The fraction of sp³-hybridized carbons (Fsp3) is 0.600. The Labute approximate surface area is 87.8 Å². The largest absolute Gasteiger partial charge is 0.396 e. The van der Waals surface area contributed by atoms with Crippen LogP contribution in [0, 0.1) is 11.9 Å². The Hall–Kier alpha value is -1.23. The lowest BCUT2D eigenvalue weighted by Gasteiger charge is -2.32. The molecule has 5 heteroatoms. The van der Waals surface area contributed by atoms with Crippen LogP contribution in [0.1, 0.15) is 12.8 Å². The van der Waals surface area contributed by atoms with Crippen molar-refractivity contribution in [3.8, 4) is 0 Å². The molecule has 1 aromatic heterocycles. The molecule has 1 aliphatic heterocycles. The highest BCUT2D eigenvalue weighted by Gasteiger charge is 2.20. The van der Waals surface area contributed by atoms with Gasteiger partial charge in [-0.3, -0.25) is 0 Å². The van der Waals surface area contributed by atoms with Crippen LogP contribution in [0.4, 0.5) is 10.2 Å². The number of aromatic nitrogens is 2. The molecule has 1 saturated heterocycles. The van der Waals surface area contributed by atoms with E-state index in [9.17, 15) is 4.39 Å². The lowest BCUT2D eigenvalue weighted by Crippen LogP contribution is -2.37. The van der Waals surface area contributed by atoms with Crippen molar-refractivity contribution in [3.63, 3.8) is 0 Å². The molecule has 0 aliphatic carbocycles. The Kier molecular flexibility index (Phi) is 3.11. The highest BCUT2D eigenvalue weighted by atomic mass is 19.1. The van der Waals surface area contributed by atoms with E-state index < -0.39 is 5.95 Å². The molecule has 0 amide bonds. The standard InChI is InChI=1S/C10H14FN3O/c11-9-4-10(13-7-12-9)14-3-1-2-8(5-14)6-15/h4,7-8,15H,1-3,5-6H2. The summed E-state index contributed by atoms with van der Waals surface area (Å²) >= 11 is 0. The molecule has 0 bridgehead atoms. The molecule has 2 rings (SSSR count). The van der Waals surface area contributed by atoms with Gasteiger partial charge < -0.3 is 10.0 Å². The average molecular weight is 211 g/mol. The fourth-order valence-corrected chi connectivity index (χ4v) is 1.92.